The third-order valence-electron chi connectivity index (χ3n) is 2.82. The standard InChI is InChI=1S/C13H16BrN3OS2/c1-3-9(15)12(10-5-8(14)6-19-10)20-13-16-7(2)4-11(18)17-13/h4-6,9,12H,3,15H2,1-2H3,(H,16,17,18). The van der Waals surface area contributed by atoms with E-state index in [0.717, 1.165) is 10.9 Å². The maximum atomic E-state index is 11.5. The average molecular weight is 374 g/mol. The number of thioether (sulfide) groups is 1. The van der Waals surface area contributed by atoms with Gasteiger partial charge in [0.25, 0.3) is 5.56 Å². The molecule has 0 spiro atoms. The number of aromatic nitrogens is 2. The zero-order valence-electron chi connectivity index (χ0n) is 11.2. The Morgan fingerprint density at radius 1 is 1.55 bits per heavy atom. The molecule has 0 saturated heterocycles. The molecular formula is C13H16BrN3OS2. The Morgan fingerprint density at radius 2 is 2.30 bits per heavy atom. The smallest absolute Gasteiger partial charge is 0.251 e. The van der Waals surface area contributed by atoms with Crippen LogP contribution in [0.25, 0.3) is 0 Å². The minimum absolute atomic E-state index is 0.0105. The molecule has 108 valence electrons. The van der Waals surface area contributed by atoms with Crippen LogP contribution < -0.4 is 11.3 Å². The van der Waals surface area contributed by atoms with Crippen LogP contribution in [0.5, 0.6) is 0 Å². The van der Waals surface area contributed by atoms with E-state index >= 15 is 0 Å². The van der Waals surface area contributed by atoms with Crippen LogP contribution in [-0.4, -0.2) is 16.0 Å². The van der Waals surface area contributed by atoms with E-state index in [1.54, 1.807) is 11.3 Å². The number of H-pyrrole nitrogens is 1. The summed E-state index contributed by atoms with van der Waals surface area (Å²) < 4.78 is 1.05. The molecule has 2 aromatic heterocycles. The van der Waals surface area contributed by atoms with Gasteiger partial charge in [-0.05, 0) is 35.3 Å². The summed E-state index contributed by atoms with van der Waals surface area (Å²) >= 11 is 6.64. The van der Waals surface area contributed by atoms with Crippen molar-refractivity contribution < 1.29 is 0 Å². The molecule has 2 heterocycles. The number of halogens is 1. The summed E-state index contributed by atoms with van der Waals surface area (Å²) in [5, 5.41) is 2.74. The van der Waals surface area contributed by atoms with Crippen LogP contribution in [0.15, 0.2) is 31.9 Å². The Kier molecular flexibility index (Phi) is 5.42. The van der Waals surface area contributed by atoms with Gasteiger partial charge in [-0.2, -0.15) is 0 Å². The minimum atomic E-state index is -0.129. The first-order valence-electron chi connectivity index (χ1n) is 6.23. The molecule has 0 aromatic carbocycles. The van der Waals surface area contributed by atoms with Gasteiger partial charge in [0.2, 0.25) is 0 Å². The highest BCUT2D eigenvalue weighted by Crippen LogP contribution is 2.40. The van der Waals surface area contributed by atoms with Crippen molar-refractivity contribution in [3.05, 3.63) is 42.9 Å². The van der Waals surface area contributed by atoms with Crippen LogP contribution >= 0.6 is 39.0 Å². The molecule has 7 heteroatoms. The second kappa shape index (κ2) is 6.89. The lowest BCUT2D eigenvalue weighted by atomic mass is 10.1. The van der Waals surface area contributed by atoms with Gasteiger partial charge < -0.3 is 10.7 Å². The molecule has 2 atom stereocenters. The fourth-order valence-corrected chi connectivity index (χ4v) is 4.73. The molecule has 3 N–H and O–H groups in total. The first-order chi connectivity index (χ1) is 9.49. The lowest BCUT2D eigenvalue weighted by molar-refractivity contribution is 0.637. The van der Waals surface area contributed by atoms with Crippen molar-refractivity contribution in [1.82, 2.24) is 9.97 Å². The fourth-order valence-electron chi connectivity index (χ4n) is 1.78. The zero-order chi connectivity index (χ0) is 14.7. The van der Waals surface area contributed by atoms with Crippen LogP contribution in [0.3, 0.4) is 0 Å². The number of aromatic amines is 1. The van der Waals surface area contributed by atoms with Gasteiger partial charge in [0.15, 0.2) is 5.16 Å². The molecule has 4 nitrogen and oxygen atoms in total. The second-order valence-electron chi connectivity index (χ2n) is 4.47. The van der Waals surface area contributed by atoms with E-state index in [4.69, 9.17) is 5.73 Å². The van der Waals surface area contributed by atoms with E-state index in [1.807, 2.05) is 12.3 Å². The van der Waals surface area contributed by atoms with Crippen molar-refractivity contribution in [1.29, 1.82) is 0 Å². The summed E-state index contributed by atoms with van der Waals surface area (Å²) in [6.45, 7) is 3.88. The Bertz CT molecular complexity index is 641. The van der Waals surface area contributed by atoms with Crippen molar-refractivity contribution >= 4 is 39.0 Å². The number of nitrogens with one attached hydrogen (secondary N) is 1. The molecule has 2 rings (SSSR count). The molecule has 20 heavy (non-hydrogen) atoms. The number of aryl methyl sites for hydroxylation is 1. The normalized spacial score (nSPS) is 14.2. The first kappa shape index (κ1) is 15.8. The number of rotatable bonds is 5. The quantitative estimate of drug-likeness (QED) is 0.621. The fraction of sp³-hybridized carbons (Fsp3) is 0.385. The Labute approximate surface area is 134 Å². The molecule has 0 radical (unpaired) electrons. The van der Waals surface area contributed by atoms with Gasteiger partial charge in [-0.15, -0.1) is 11.3 Å². The molecule has 0 fully saturated rings. The highest BCUT2D eigenvalue weighted by Gasteiger charge is 2.22. The summed E-state index contributed by atoms with van der Waals surface area (Å²) in [7, 11) is 0. The molecule has 0 bridgehead atoms. The van der Waals surface area contributed by atoms with Crippen LogP contribution in [0.1, 0.15) is 29.2 Å². The summed E-state index contributed by atoms with van der Waals surface area (Å²) in [5.74, 6) is 0. The number of thiophene rings is 1. The number of nitrogens with two attached hydrogens (primary N) is 1. The molecule has 2 unspecified atom stereocenters. The zero-order valence-corrected chi connectivity index (χ0v) is 14.4. The second-order valence-corrected chi connectivity index (χ2v) is 7.46. The summed E-state index contributed by atoms with van der Waals surface area (Å²) in [4.78, 5) is 19.8. The van der Waals surface area contributed by atoms with Gasteiger partial charge in [0, 0.05) is 32.5 Å². The van der Waals surface area contributed by atoms with Crippen molar-refractivity contribution in [2.45, 2.75) is 36.7 Å². The van der Waals surface area contributed by atoms with E-state index in [0.29, 0.717) is 10.9 Å². The first-order valence-corrected chi connectivity index (χ1v) is 8.79. The van der Waals surface area contributed by atoms with Crippen molar-refractivity contribution in [3.63, 3.8) is 0 Å². The van der Waals surface area contributed by atoms with Gasteiger partial charge in [-0.1, -0.05) is 18.7 Å². The highest BCUT2D eigenvalue weighted by molar-refractivity contribution is 9.10. The van der Waals surface area contributed by atoms with Crippen LogP contribution in [0.2, 0.25) is 0 Å². The lowest BCUT2D eigenvalue weighted by Crippen LogP contribution is -2.25. The largest absolute Gasteiger partial charge is 0.326 e. The SMILES string of the molecule is CCC(N)C(Sc1nc(C)cc(=O)[nH]1)c1cc(Br)cs1. The average Bonchev–Trinajstić information content (AvgIpc) is 2.80. The van der Waals surface area contributed by atoms with Crippen LogP contribution in [0, 0.1) is 6.92 Å². The van der Waals surface area contributed by atoms with Crippen LogP contribution in [-0.2, 0) is 0 Å². The maximum Gasteiger partial charge on any atom is 0.251 e. The Balaban J connectivity index is 2.30. The molecule has 0 aliphatic heterocycles. The number of hydrogen-bond donors (Lipinski definition) is 2. The lowest BCUT2D eigenvalue weighted by Gasteiger charge is -2.20. The predicted molar refractivity (Wildman–Crippen MR) is 88.5 cm³/mol. The van der Waals surface area contributed by atoms with Gasteiger partial charge in [0.1, 0.15) is 0 Å². The molecule has 0 aliphatic carbocycles. The predicted octanol–water partition coefficient (Wildman–Crippen LogP) is 3.47. The van der Waals surface area contributed by atoms with E-state index in [-0.39, 0.29) is 16.9 Å². The van der Waals surface area contributed by atoms with E-state index in [1.165, 1.54) is 22.7 Å². The van der Waals surface area contributed by atoms with Crippen LogP contribution in [0.4, 0.5) is 0 Å². The van der Waals surface area contributed by atoms with Gasteiger partial charge in [-0.3, -0.25) is 4.79 Å². The highest BCUT2D eigenvalue weighted by atomic mass is 79.9. The maximum absolute atomic E-state index is 11.5. The molecule has 0 aliphatic rings. The van der Waals surface area contributed by atoms with Crippen molar-refractivity contribution in [2.24, 2.45) is 5.73 Å². The topological polar surface area (TPSA) is 71.8 Å². The third-order valence-corrected chi connectivity index (χ3v) is 6.01. The minimum Gasteiger partial charge on any atom is -0.326 e. The number of hydrogen-bond acceptors (Lipinski definition) is 5. The van der Waals surface area contributed by atoms with Gasteiger partial charge in [-0.25, -0.2) is 4.98 Å². The molecular weight excluding hydrogens is 358 g/mol. The van der Waals surface area contributed by atoms with E-state index in [2.05, 4.69) is 38.9 Å². The van der Waals surface area contributed by atoms with E-state index in [9.17, 15) is 4.79 Å². The van der Waals surface area contributed by atoms with Gasteiger partial charge in [0.05, 0.1) is 5.25 Å². The Morgan fingerprint density at radius 3 is 2.85 bits per heavy atom. The monoisotopic (exact) mass is 373 g/mol. The molecule has 2 aromatic rings. The van der Waals surface area contributed by atoms with E-state index < -0.39 is 0 Å². The summed E-state index contributed by atoms with van der Waals surface area (Å²) in [6, 6.07) is 3.57. The molecule has 0 saturated carbocycles. The third kappa shape index (κ3) is 3.94. The summed E-state index contributed by atoms with van der Waals surface area (Å²) in [5.41, 5.74) is 6.82. The number of nitrogens with zero attached hydrogens (tertiary/aromatic N) is 1. The van der Waals surface area contributed by atoms with Gasteiger partial charge >= 0.3 is 0 Å². The van der Waals surface area contributed by atoms with Crippen molar-refractivity contribution in [2.75, 3.05) is 0 Å². The summed E-state index contributed by atoms with van der Waals surface area (Å²) in [6.07, 6.45) is 0.864. The Hall–Kier alpha value is -0.630. The van der Waals surface area contributed by atoms with Crippen molar-refractivity contribution in [3.8, 4) is 0 Å². The molecule has 0 amide bonds.